The van der Waals surface area contributed by atoms with Crippen molar-refractivity contribution in [1.82, 2.24) is 10.2 Å². The number of fused-ring (bicyclic) bond motifs is 1. The average Bonchev–Trinajstić information content (AvgIpc) is 2.50. The van der Waals surface area contributed by atoms with Crippen LogP contribution < -0.4 is 10.9 Å². The Labute approximate surface area is 118 Å². The van der Waals surface area contributed by atoms with Crippen molar-refractivity contribution < 1.29 is 9.18 Å². The standard InChI is InChI=1S/C15H10FN3O2/c16-9-5-7-10(8-6-9)17-15(21)13-11-3-1-2-4-12(11)14(20)19-18-13/h1-8H,(H,17,21)(H,19,20). The van der Waals surface area contributed by atoms with Crippen LogP contribution in [0, 0.1) is 5.82 Å². The van der Waals surface area contributed by atoms with Crippen molar-refractivity contribution in [2.24, 2.45) is 0 Å². The number of rotatable bonds is 2. The Bertz CT molecular complexity index is 872. The smallest absolute Gasteiger partial charge is 0.276 e. The molecule has 0 saturated heterocycles. The van der Waals surface area contributed by atoms with Gasteiger partial charge in [-0.1, -0.05) is 18.2 Å². The lowest BCUT2D eigenvalue weighted by Gasteiger charge is -2.06. The Kier molecular flexibility index (Phi) is 3.19. The Hall–Kier alpha value is -3.02. The molecule has 1 heterocycles. The van der Waals surface area contributed by atoms with E-state index in [4.69, 9.17) is 0 Å². The lowest BCUT2D eigenvalue weighted by molar-refractivity contribution is 0.102. The summed E-state index contributed by atoms with van der Waals surface area (Å²) in [5.74, 6) is -0.866. The molecule has 0 fully saturated rings. The van der Waals surface area contributed by atoms with Gasteiger partial charge in [0.15, 0.2) is 5.69 Å². The van der Waals surface area contributed by atoms with Gasteiger partial charge in [-0.25, -0.2) is 9.49 Å². The van der Waals surface area contributed by atoms with Crippen molar-refractivity contribution in [3.63, 3.8) is 0 Å². The van der Waals surface area contributed by atoms with Crippen LogP contribution in [0.3, 0.4) is 0 Å². The van der Waals surface area contributed by atoms with E-state index in [1.54, 1.807) is 24.3 Å². The molecule has 2 N–H and O–H groups in total. The van der Waals surface area contributed by atoms with Crippen molar-refractivity contribution in [2.45, 2.75) is 0 Å². The third-order valence-electron chi connectivity index (χ3n) is 3.01. The summed E-state index contributed by atoms with van der Waals surface area (Å²) >= 11 is 0. The lowest BCUT2D eigenvalue weighted by atomic mass is 10.1. The van der Waals surface area contributed by atoms with Crippen LogP contribution in [-0.4, -0.2) is 16.1 Å². The maximum absolute atomic E-state index is 12.8. The summed E-state index contributed by atoms with van der Waals surface area (Å²) in [7, 11) is 0. The van der Waals surface area contributed by atoms with Crippen LogP contribution in [0.2, 0.25) is 0 Å². The van der Waals surface area contributed by atoms with Gasteiger partial charge in [-0.05, 0) is 30.3 Å². The normalized spacial score (nSPS) is 10.5. The van der Waals surface area contributed by atoms with Crippen molar-refractivity contribution in [3.8, 4) is 0 Å². The highest BCUT2D eigenvalue weighted by molar-refractivity contribution is 6.11. The second kappa shape index (κ2) is 5.16. The summed E-state index contributed by atoms with van der Waals surface area (Å²) in [6.07, 6.45) is 0. The number of carbonyl (C=O) groups is 1. The molecular weight excluding hydrogens is 273 g/mol. The van der Waals surface area contributed by atoms with Crippen LogP contribution in [0.15, 0.2) is 53.3 Å². The van der Waals surface area contributed by atoms with Gasteiger partial charge in [-0.3, -0.25) is 9.59 Å². The van der Waals surface area contributed by atoms with E-state index in [1.807, 2.05) is 0 Å². The molecule has 0 unspecified atom stereocenters. The third kappa shape index (κ3) is 2.51. The van der Waals surface area contributed by atoms with Crippen LogP contribution in [0.5, 0.6) is 0 Å². The van der Waals surface area contributed by atoms with Gasteiger partial charge in [0.2, 0.25) is 0 Å². The summed E-state index contributed by atoms with van der Waals surface area (Å²) in [6, 6.07) is 12.1. The number of halogens is 1. The molecule has 0 aliphatic rings. The first-order valence-electron chi connectivity index (χ1n) is 6.19. The molecule has 3 aromatic rings. The number of hydrogen-bond acceptors (Lipinski definition) is 3. The van der Waals surface area contributed by atoms with Crippen LogP contribution in [0.1, 0.15) is 10.5 Å². The van der Waals surface area contributed by atoms with Crippen LogP contribution in [0.25, 0.3) is 10.8 Å². The molecule has 6 heteroatoms. The number of benzene rings is 2. The number of H-pyrrole nitrogens is 1. The Morgan fingerprint density at radius 2 is 1.71 bits per heavy atom. The minimum absolute atomic E-state index is 0.106. The molecular formula is C15H10FN3O2. The van der Waals surface area contributed by atoms with Gasteiger partial charge >= 0.3 is 0 Å². The van der Waals surface area contributed by atoms with E-state index in [0.29, 0.717) is 16.5 Å². The largest absolute Gasteiger partial charge is 0.321 e. The molecule has 0 radical (unpaired) electrons. The van der Waals surface area contributed by atoms with Gasteiger partial charge in [0.05, 0.1) is 5.39 Å². The molecule has 2 aromatic carbocycles. The van der Waals surface area contributed by atoms with Crippen molar-refractivity contribution in [3.05, 3.63) is 70.4 Å². The molecule has 0 saturated carbocycles. The molecule has 0 atom stereocenters. The van der Waals surface area contributed by atoms with Gasteiger partial charge in [0, 0.05) is 11.1 Å². The van der Waals surface area contributed by atoms with E-state index in [9.17, 15) is 14.0 Å². The highest BCUT2D eigenvalue weighted by atomic mass is 19.1. The molecule has 0 aliphatic heterocycles. The van der Waals surface area contributed by atoms with E-state index in [0.717, 1.165) is 0 Å². The fourth-order valence-corrected chi connectivity index (χ4v) is 2.01. The zero-order valence-corrected chi connectivity index (χ0v) is 10.8. The maximum atomic E-state index is 12.8. The fraction of sp³-hybridized carbons (Fsp3) is 0. The first-order chi connectivity index (χ1) is 10.1. The number of nitrogens with one attached hydrogen (secondary N) is 2. The lowest BCUT2D eigenvalue weighted by Crippen LogP contribution is -2.19. The number of hydrogen-bond donors (Lipinski definition) is 2. The van der Waals surface area contributed by atoms with Crippen molar-refractivity contribution in [1.29, 1.82) is 0 Å². The van der Waals surface area contributed by atoms with Gasteiger partial charge in [0.25, 0.3) is 11.5 Å². The van der Waals surface area contributed by atoms with E-state index in [-0.39, 0.29) is 17.1 Å². The zero-order chi connectivity index (χ0) is 14.8. The number of aromatic nitrogens is 2. The number of anilines is 1. The number of nitrogens with zero attached hydrogens (tertiary/aromatic N) is 1. The summed E-state index contributed by atoms with van der Waals surface area (Å²) in [4.78, 5) is 23.9. The van der Waals surface area contributed by atoms with Gasteiger partial charge in [-0.2, -0.15) is 5.10 Å². The van der Waals surface area contributed by atoms with Crippen molar-refractivity contribution >= 4 is 22.4 Å². The molecule has 1 amide bonds. The molecule has 104 valence electrons. The summed E-state index contributed by atoms with van der Waals surface area (Å²) in [5, 5.41) is 9.54. The first kappa shape index (κ1) is 13.0. The van der Waals surface area contributed by atoms with E-state index in [2.05, 4.69) is 15.5 Å². The summed E-state index contributed by atoms with van der Waals surface area (Å²) in [6.45, 7) is 0. The Morgan fingerprint density at radius 1 is 1.05 bits per heavy atom. The minimum Gasteiger partial charge on any atom is -0.321 e. The quantitative estimate of drug-likeness (QED) is 0.758. The van der Waals surface area contributed by atoms with Crippen LogP contribution >= 0.6 is 0 Å². The monoisotopic (exact) mass is 283 g/mol. The highest BCUT2D eigenvalue weighted by Crippen LogP contribution is 2.15. The molecule has 21 heavy (non-hydrogen) atoms. The molecule has 0 aliphatic carbocycles. The predicted octanol–water partition coefficient (Wildman–Crippen LogP) is 2.31. The minimum atomic E-state index is -0.478. The van der Waals surface area contributed by atoms with Gasteiger partial charge in [-0.15, -0.1) is 0 Å². The third-order valence-corrected chi connectivity index (χ3v) is 3.01. The Morgan fingerprint density at radius 3 is 2.43 bits per heavy atom. The van der Waals surface area contributed by atoms with Crippen molar-refractivity contribution in [2.75, 3.05) is 5.32 Å². The SMILES string of the molecule is O=C(Nc1ccc(F)cc1)c1n[nH]c(=O)c2ccccc12. The topological polar surface area (TPSA) is 74.8 Å². The van der Waals surface area contributed by atoms with E-state index >= 15 is 0 Å². The summed E-state index contributed by atoms with van der Waals surface area (Å²) in [5.41, 5.74) is 0.192. The maximum Gasteiger partial charge on any atom is 0.276 e. The number of carbonyl (C=O) groups excluding carboxylic acids is 1. The first-order valence-corrected chi connectivity index (χ1v) is 6.19. The highest BCUT2D eigenvalue weighted by Gasteiger charge is 2.14. The van der Waals surface area contributed by atoms with E-state index < -0.39 is 5.91 Å². The average molecular weight is 283 g/mol. The molecule has 1 aromatic heterocycles. The van der Waals surface area contributed by atoms with E-state index in [1.165, 1.54) is 24.3 Å². The predicted molar refractivity (Wildman–Crippen MR) is 76.7 cm³/mol. The van der Waals surface area contributed by atoms with Crippen LogP contribution in [-0.2, 0) is 0 Å². The number of aromatic amines is 1. The molecule has 5 nitrogen and oxygen atoms in total. The van der Waals surface area contributed by atoms with Gasteiger partial charge in [0.1, 0.15) is 5.82 Å². The summed E-state index contributed by atoms with van der Waals surface area (Å²) < 4.78 is 12.8. The molecule has 3 rings (SSSR count). The second-order valence-corrected chi connectivity index (χ2v) is 4.41. The van der Waals surface area contributed by atoms with Gasteiger partial charge < -0.3 is 5.32 Å². The fourth-order valence-electron chi connectivity index (χ4n) is 2.01. The number of amides is 1. The zero-order valence-electron chi connectivity index (χ0n) is 10.8. The van der Waals surface area contributed by atoms with Crippen LogP contribution in [0.4, 0.5) is 10.1 Å². The Balaban J connectivity index is 2.00. The molecule has 0 spiro atoms. The second-order valence-electron chi connectivity index (χ2n) is 4.41. The molecule has 0 bridgehead atoms.